The standard InChI is InChI=1S/C10H10F2N2S/c1-2-13-7-5-8(10(11)12)14-6-3-4-15-9(6)7/h3-5,10H,2H2,1H3,(H,13,14). The molecular formula is C10H10F2N2S. The van der Waals surface area contributed by atoms with E-state index in [0.717, 1.165) is 10.4 Å². The summed E-state index contributed by atoms with van der Waals surface area (Å²) in [5, 5.41) is 4.92. The lowest BCUT2D eigenvalue weighted by molar-refractivity contribution is 0.146. The van der Waals surface area contributed by atoms with Crippen LogP contribution in [0.4, 0.5) is 14.5 Å². The average molecular weight is 228 g/mol. The van der Waals surface area contributed by atoms with Crippen LogP contribution in [0.15, 0.2) is 17.5 Å². The Hall–Kier alpha value is -1.23. The maximum absolute atomic E-state index is 12.5. The number of nitrogens with zero attached hydrogens (tertiary/aromatic N) is 1. The van der Waals surface area contributed by atoms with Gasteiger partial charge in [-0.05, 0) is 24.4 Å². The van der Waals surface area contributed by atoms with Crippen LogP contribution in [0.5, 0.6) is 0 Å². The summed E-state index contributed by atoms with van der Waals surface area (Å²) >= 11 is 1.50. The van der Waals surface area contributed by atoms with Gasteiger partial charge in [0.2, 0.25) is 0 Å². The summed E-state index contributed by atoms with van der Waals surface area (Å²) < 4.78 is 26.0. The first-order chi connectivity index (χ1) is 7.22. The third-order valence-electron chi connectivity index (χ3n) is 2.02. The molecule has 0 bridgehead atoms. The second-order valence-corrected chi connectivity index (χ2v) is 3.98. The van der Waals surface area contributed by atoms with Gasteiger partial charge in [-0.25, -0.2) is 13.8 Å². The van der Waals surface area contributed by atoms with E-state index in [4.69, 9.17) is 0 Å². The molecule has 2 heterocycles. The second-order valence-electron chi connectivity index (χ2n) is 3.06. The smallest absolute Gasteiger partial charge is 0.280 e. The van der Waals surface area contributed by atoms with Gasteiger partial charge in [0, 0.05) is 6.54 Å². The molecule has 0 spiro atoms. The third-order valence-corrected chi connectivity index (χ3v) is 2.96. The van der Waals surface area contributed by atoms with Crippen molar-refractivity contribution in [1.82, 2.24) is 4.98 Å². The highest BCUT2D eigenvalue weighted by molar-refractivity contribution is 7.17. The molecule has 2 aromatic heterocycles. The summed E-state index contributed by atoms with van der Waals surface area (Å²) in [6.45, 7) is 2.64. The van der Waals surface area contributed by atoms with Crippen molar-refractivity contribution in [2.45, 2.75) is 13.3 Å². The zero-order valence-electron chi connectivity index (χ0n) is 8.13. The Kier molecular flexibility index (Phi) is 2.81. The highest BCUT2D eigenvalue weighted by Gasteiger charge is 2.13. The Morgan fingerprint density at radius 3 is 3.00 bits per heavy atom. The molecule has 2 rings (SSSR count). The quantitative estimate of drug-likeness (QED) is 0.867. The van der Waals surface area contributed by atoms with Crippen molar-refractivity contribution in [2.75, 3.05) is 11.9 Å². The Labute approximate surface area is 89.9 Å². The van der Waals surface area contributed by atoms with Crippen LogP contribution in [0.3, 0.4) is 0 Å². The first-order valence-corrected chi connectivity index (χ1v) is 5.50. The monoisotopic (exact) mass is 228 g/mol. The van der Waals surface area contributed by atoms with Crippen LogP contribution < -0.4 is 5.32 Å². The first-order valence-electron chi connectivity index (χ1n) is 4.62. The molecule has 0 saturated carbocycles. The second kappa shape index (κ2) is 4.10. The summed E-state index contributed by atoms with van der Waals surface area (Å²) in [5.41, 5.74) is 1.21. The fourth-order valence-corrected chi connectivity index (χ4v) is 2.24. The van der Waals surface area contributed by atoms with Crippen molar-refractivity contribution in [3.8, 4) is 0 Å². The zero-order valence-corrected chi connectivity index (χ0v) is 8.94. The highest BCUT2D eigenvalue weighted by atomic mass is 32.1. The maximum Gasteiger partial charge on any atom is 0.280 e. The number of thiophene rings is 1. The van der Waals surface area contributed by atoms with Crippen LogP contribution in [0.25, 0.3) is 10.2 Å². The Morgan fingerprint density at radius 1 is 1.53 bits per heavy atom. The van der Waals surface area contributed by atoms with Gasteiger partial charge < -0.3 is 5.32 Å². The molecule has 80 valence electrons. The van der Waals surface area contributed by atoms with Crippen LogP contribution in [0.2, 0.25) is 0 Å². The van der Waals surface area contributed by atoms with Gasteiger partial charge >= 0.3 is 0 Å². The predicted molar refractivity (Wildman–Crippen MR) is 58.7 cm³/mol. The van der Waals surface area contributed by atoms with Gasteiger partial charge in [0.25, 0.3) is 6.43 Å². The van der Waals surface area contributed by atoms with E-state index < -0.39 is 6.43 Å². The number of hydrogen-bond donors (Lipinski definition) is 1. The lowest BCUT2D eigenvalue weighted by atomic mass is 10.3. The minimum atomic E-state index is -2.52. The number of fused-ring (bicyclic) bond motifs is 1. The molecule has 0 saturated heterocycles. The molecule has 0 aliphatic carbocycles. The van der Waals surface area contributed by atoms with E-state index >= 15 is 0 Å². The maximum atomic E-state index is 12.5. The van der Waals surface area contributed by atoms with Crippen LogP contribution >= 0.6 is 11.3 Å². The van der Waals surface area contributed by atoms with E-state index in [1.54, 1.807) is 6.07 Å². The van der Waals surface area contributed by atoms with Crippen molar-refractivity contribution in [3.63, 3.8) is 0 Å². The van der Waals surface area contributed by atoms with Crippen molar-refractivity contribution < 1.29 is 8.78 Å². The molecule has 0 fully saturated rings. The Balaban J connectivity index is 2.58. The first kappa shape index (κ1) is 10.3. The minimum absolute atomic E-state index is 0.170. The van der Waals surface area contributed by atoms with Crippen molar-refractivity contribution in [1.29, 1.82) is 0 Å². The predicted octanol–water partition coefficient (Wildman–Crippen LogP) is 3.67. The lowest BCUT2D eigenvalue weighted by Crippen LogP contribution is -1.99. The Bertz CT molecular complexity index is 467. The minimum Gasteiger partial charge on any atom is -0.384 e. The van der Waals surface area contributed by atoms with E-state index in [9.17, 15) is 8.78 Å². The lowest BCUT2D eigenvalue weighted by Gasteiger charge is -2.07. The number of halogens is 2. The third kappa shape index (κ3) is 1.92. The molecule has 2 nitrogen and oxygen atoms in total. The van der Waals surface area contributed by atoms with Gasteiger partial charge in [-0.15, -0.1) is 11.3 Å². The van der Waals surface area contributed by atoms with Gasteiger partial charge in [0.15, 0.2) is 0 Å². The molecule has 0 amide bonds. The SMILES string of the molecule is CCNc1cc(C(F)F)nc2ccsc12. The summed E-state index contributed by atoms with van der Waals surface area (Å²) in [6.07, 6.45) is -2.52. The number of hydrogen-bond acceptors (Lipinski definition) is 3. The van der Waals surface area contributed by atoms with E-state index in [-0.39, 0.29) is 5.69 Å². The molecule has 0 atom stereocenters. The van der Waals surface area contributed by atoms with Gasteiger partial charge in [-0.2, -0.15) is 0 Å². The number of nitrogens with one attached hydrogen (secondary N) is 1. The van der Waals surface area contributed by atoms with Gasteiger partial charge in [-0.3, -0.25) is 0 Å². The summed E-state index contributed by atoms with van der Waals surface area (Å²) in [5.74, 6) is 0. The average Bonchev–Trinajstić information content (AvgIpc) is 2.65. The van der Waals surface area contributed by atoms with Crippen LogP contribution in [0, 0.1) is 0 Å². The summed E-state index contributed by atoms with van der Waals surface area (Å²) in [4.78, 5) is 3.90. The highest BCUT2D eigenvalue weighted by Crippen LogP contribution is 2.31. The molecule has 0 radical (unpaired) electrons. The van der Waals surface area contributed by atoms with Crippen LogP contribution in [-0.4, -0.2) is 11.5 Å². The topological polar surface area (TPSA) is 24.9 Å². The molecular weight excluding hydrogens is 218 g/mol. The van der Waals surface area contributed by atoms with Crippen molar-refractivity contribution >= 4 is 27.2 Å². The van der Waals surface area contributed by atoms with E-state index in [1.165, 1.54) is 17.4 Å². The largest absolute Gasteiger partial charge is 0.384 e. The number of anilines is 1. The fourth-order valence-electron chi connectivity index (χ4n) is 1.41. The molecule has 0 unspecified atom stereocenters. The molecule has 2 aromatic rings. The molecule has 0 aromatic carbocycles. The molecule has 1 N–H and O–H groups in total. The van der Waals surface area contributed by atoms with Crippen LogP contribution in [-0.2, 0) is 0 Å². The van der Waals surface area contributed by atoms with E-state index in [2.05, 4.69) is 10.3 Å². The molecule has 0 aliphatic heterocycles. The van der Waals surface area contributed by atoms with E-state index in [1.807, 2.05) is 12.3 Å². The number of pyridine rings is 1. The number of aromatic nitrogens is 1. The number of alkyl halides is 2. The van der Waals surface area contributed by atoms with Gasteiger partial charge in [-0.1, -0.05) is 0 Å². The Morgan fingerprint density at radius 2 is 2.33 bits per heavy atom. The normalized spacial score (nSPS) is 11.2. The zero-order chi connectivity index (χ0) is 10.8. The van der Waals surface area contributed by atoms with Crippen molar-refractivity contribution in [2.24, 2.45) is 0 Å². The van der Waals surface area contributed by atoms with Crippen LogP contribution in [0.1, 0.15) is 19.0 Å². The molecule has 0 aliphatic rings. The summed E-state index contributed by atoms with van der Waals surface area (Å²) in [7, 11) is 0. The molecule has 15 heavy (non-hydrogen) atoms. The van der Waals surface area contributed by atoms with Gasteiger partial charge in [0.1, 0.15) is 5.69 Å². The summed E-state index contributed by atoms with van der Waals surface area (Å²) in [6, 6.07) is 3.18. The molecule has 5 heteroatoms. The van der Waals surface area contributed by atoms with Crippen molar-refractivity contribution in [3.05, 3.63) is 23.2 Å². The van der Waals surface area contributed by atoms with E-state index in [0.29, 0.717) is 12.1 Å². The fraction of sp³-hybridized carbons (Fsp3) is 0.300. The van der Waals surface area contributed by atoms with Gasteiger partial charge in [0.05, 0.1) is 15.9 Å². The number of rotatable bonds is 3.